The molecule has 8 heteroatoms. The van der Waals surface area contributed by atoms with Crippen LogP contribution >= 0.6 is 11.6 Å². The molecule has 7 nitrogen and oxygen atoms in total. The summed E-state index contributed by atoms with van der Waals surface area (Å²) in [6, 6.07) is 20.9. The van der Waals surface area contributed by atoms with Gasteiger partial charge in [0.2, 0.25) is 5.91 Å². The van der Waals surface area contributed by atoms with E-state index in [1.165, 1.54) is 0 Å². The Morgan fingerprint density at radius 3 is 2.46 bits per heavy atom. The molecule has 3 aliphatic heterocycles. The van der Waals surface area contributed by atoms with Crippen LogP contribution in [0.15, 0.2) is 60.7 Å². The van der Waals surface area contributed by atoms with E-state index in [1.807, 2.05) is 12.1 Å². The minimum atomic E-state index is -0.167. The monoisotopic (exact) mass is 515 g/mol. The number of aromatic nitrogens is 2. The Hall–Kier alpha value is -3.39. The van der Waals surface area contributed by atoms with Gasteiger partial charge in [-0.05, 0) is 47.2 Å². The maximum absolute atomic E-state index is 12.0. The first-order valence-electron chi connectivity index (χ1n) is 12.7. The molecule has 0 bridgehead atoms. The van der Waals surface area contributed by atoms with E-state index < -0.39 is 0 Å². The number of nitrogens with one attached hydrogen (secondary N) is 2. The maximum atomic E-state index is 12.0. The molecule has 188 valence electrons. The highest BCUT2D eigenvalue weighted by Gasteiger charge is 2.43. The van der Waals surface area contributed by atoms with E-state index in [-0.39, 0.29) is 30.1 Å². The zero-order valence-electron chi connectivity index (χ0n) is 20.1. The molecule has 4 aromatic rings. The smallest absolute Gasteiger partial charge is 0.295 e. The third-order valence-electron chi connectivity index (χ3n) is 7.62. The second-order valence-corrected chi connectivity index (χ2v) is 10.3. The Bertz CT molecular complexity index is 1470. The lowest BCUT2D eigenvalue weighted by molar-refractivity contribution is -0.120. The highest BCUT2D eigenvalue weighted by molar-refractivity contribution is 6.34. The maximum Gasteiger partial charge on any atom is 0.295 e. The molecule has 3 aliphatic rings. The minimum Gasteiger partial charge on any atom is -0.456 e. The molecule has 37 heavy (non-hydrogen) atoms. The number of carbonyl (C=O) groups is 1. The summed E-state index contributed by atoms with van der Waals surface area (Å²) in [5.74, 6) is 0.0754. The molecule has 3 aromatic carbocycles. The number of ether oxygens (including phenoxy) is 3. The standard InChI is InChI=1S/C29H26ClN3O4/c30-22-14-24-23(32-29(33-24)37-26-15-36-25-10-12-35-27(25)26)13-21(22)19-7-3-17(4-8-19)16-1-5-18(6-2-16)20-9-11-31-28(20)34/h1-8,13-14,20,25-27H,9-12,15H2,(H,31,34)(H,32,33). The van der Waals surface area contributed by atoms with E-state index in [4.69, 9.17) is 25.8 Å². The number of aromatic amines is 1. The number of amides is 1. The summed E-state index contributed by atoms with van der Waals surface area (Å²) in [5.41, 5.74) is 6.79. The molecule has 4 heterocycles. The predicted octanol–water partition coefficient (Wildman–Crippen LogP) is 5.09. The fraction of sp³-hybridized carbons (Fsp3) is 0.310. The Balaban J connectivity index is 1.10. The van der Waals surface area contributed by atoms with Crippen LogP contribution in [0.5, 0.6) is 6.01 Å². The summed E-state index contributed by atoms with van der Waals surface area (Å²) in [7, 11) is 0. The van der Waals surface area contributed by atoms with Crippen molar-refractivity contribution in [2.24, 2.45) is 0 Å². The van der Waals surface area contributed by atoms with Gasteiger partial charge in [0.1, 0.15) is 6.10 Å². The van der Waals surface area contributed by atoms with E-state index in [0.717, 1.165) is 58.2 Å². The Morgan fingerprint density at radius 1 is 0.946 bits per heavy atom. The van der Waals surface area contributed by atoms with Gasteiger partial charge in [0.05, 0.1) is 34.7 Å². The van der Waals surface area contributed by atoms with Crippen LogP contribution in [-0.2, 0) is 14.3 Å². The molecular weight excluding hydrogens is 490 g/mol. The van der Waals surface area contributed by atoms with Gasteiger partial charge < -0.3 is 24.5 Å². The highest BCUT2D eigenvalue weighted by Crippen LogP contribution is 2.35. The first-order chi connectivity index (χ1) is 18.1. The number of hydrogen-bond acceptors (Lipinski definition) is 5. The number of carbonyl (C=O) groups excluding carboxylic acids is 1. The van der Waals surface area contributed by atoms with E-state index in [9.17, 15) is 4.79 Å². The molecule has 1 aromatic heterocycles. The molecule has 3 fully saturated rings. The fourth-order valence-corrected chi connectivity index (χ4v) is 5.89. The third kappa shape index (κ3) is 4.17. The number of fused-ring (bicyclic) bond motifs is 2. The summed E-state index contributed by atoms with van der Waals surface area (Å²) in [6.45, 7) is 1.96. The number of H-pyrrole nitrogens is 1. The summed E-state index contributed by atoms with van der Waals surface area (Å²) in [5, 5.41) is 3.54. The van der Waals surface area contributed by atoms with Gasteiger partial charge in [-0.25, -0.2) is 0 Å². The molecule has 0 aliphatic carbocycles. The van der Waals surface area contributed by atoms with Crippen LogP contribution in [0.1, 0.15) is 24.3 Å². The molecule has 4 atom stereocenters. The van der Waals surface area contributed by atoms with Crippen LogP contribution in [-0.4, -0.2) is 53.9 Å². The Morgan fingerprint density at radius 2 is 1.70 bits per heavy atom. The Kier molecular flexibility index (Phi) is 5.65. The number of rotatable bonds is 5. The first-order valence-corrected chi connectivity index (χ1v) is 13.1. The van der Waals surface area contributed by atoms with Crippen LogP contribution < -0.4 is 10.1 Å². The lowest BCUT2D eigenvalue weighted by Gasteiger charge is -2.15. The molecule has 1 amide bonds. The number of nitrogens with zero attached hydrogens (tertiary/aromatic N) is 1. The minimum absolute atomic E-state index is 0.0377. The predicted molar refractivity (Wildman–Crippen MR) is 141 cm³/mol. The summed E-state index contributed by atoms with van der Waals surface area (Å²) >= 11 is 6.68. The molecule has 0 saturated carbocycles. The van der Waals surface area contributed by atoms with Gasteiger partial charge >= 0.3 is 0 Å². The zero-order chi connectivity index (χ0) is 24.9. The topological polar surface area (TPSA) is 85.5 Å². The summed E-state index contributed by atoms with van der Waals surface area (Å²) in [4.78, 5) is 19.9. The van der Waals surface area contributed by atoms with Gasteiger partial charge in [0.25, 0.3) is 6.01 Å². The lowest BCUT2D eigenvalue weighted by Crippen LogP contribution is -2.32. The average molecular weight is 516 g/mol. The van der Waals surface area contributed by atoms with Crippen LogP contribution in [0.3, 0.4) is 0 Å². The third-order valence-corrected chi connectivity index (χ3v) is 7.94. The van der Waals surface area contributed by atoms with Gasteiger partial charge in [0.15, 0.2) is 6.10 Å². The van der Waals surface area contributed by atoms with Crippen LogP contribution in [0.2, 0.25) is 5.02 Å². The van der Waals surface area contributed by atoms with Crippen molar-refractivity contribution < 1.29 is 19.0 Å². The first kappa shape index (κ1) is 22.8. The van der Waals surface area contributed by atoms with Gasteiger partial charge in [-0.3, -0.25) is 4.79 Å². The van der Waals surface area contributed by atoms with Crippen molar-refractivity contribution in [1.29, 1.82) is 0 Å². The SMILES string of the molecule is O=C1NCCC1c1ccc(-c2ccc(-c3cc4nc(OC5COC6CCOC65)[nH]c4cc3Cl)cc2)cc1. The number of halogens is 1. The molecule has 0 radical (unpaired) electrons. The van der Waals surface area contributed by atoms with Crippen molar-refractivity contribution in [2.75, 3.05) is 19.8 Å². The van der Waals surface area contributed by atoms with Gasteiger partial charge in [-0.2, -0.15) is 4.98 Å². The normalized spacial score (nSPS) is 24.9. The second-order valence-electron chi connectivity index (χ2n) is 9.87. The summed E-state index contributed by atoms with van der Waals surface area (Å²) in [6.07, 6.45) is 1.67. The van der Waals surface area contributed by atoms with Crippen LogP contribution in [0.25, 0.3) is 33.3 Å². The second kappa shape index (κ2) is 9.17. The van der Waals surface area contributed by atoms with Crippen molar-refractivity contribution >= 4 is 28.5 Å². The molecule has 3 saturated heterocycles. The highest BCUT2D eigenvalue weighted by atomic mass is 35.5. The molecule has 2 N–H and O–H groups in total. The van der Waals surface area contributed by atoms with Crippen molar-refractivity contribution in [3.63, 3.8) is 0 Å². The summed E-state index contributed by atoms with van der Waals surface area (Å²) < 4.78 is 17.6. The van der Waals surface area contributed by atoms with Crippen molar-refractivity contribution in [3.05, 3.63) is 71.2 Å². The van der Waals surface area contributed by atoms with Gasteiger partial charge in [-0.15, -0.1) is 0 Å². The van der Waals surface area contributed by atoms with Crippen LogP contribution in [0, 0.1) is 0 Å². The quantitative estimate of drug-likeness (QED) is 0.387. The zero-order valence-corrected chi connectivity index (χ0v) is 20.8. The molecule has 7 rings (SSSR count). The largest absolute Gasteiger partial charge is 0.456 e. The van der Waals surface area contributed by atoms with Crippen molar-refractivity contribution in [2.45, 2.75) is 37.1 Å². The fourth-order valence-electron chi connectivity index (χ4n) is 5.62. The van der Waals surface area contributed by atoms with E-state index in [0.29, 0.717) is 24.2 Å². The lowest BCUT2D eigenvalue weighted by atomic mass is 9.94. The Labute approximate surface area is 219 Å². The molecule has 0 spiro atoms. The van der Waals surface area contributed by atoms with Gasteiger partial charge in [-0.1, -0.05) is 60.1 Å². The van der Waals surface area contributed by atoms with Crippen LogP contribution in [0.4, 0.5) is 0 Å². The average Bonchev–Trinajstić information content (AvgIpc) is 3.70. The number of benzene rings is 3. The number of hydrogen-bond donors (Lipinski definition) is 2. The molecule has 4 unspecified atom stereocenters. The van der Waals surface area contributed by atoms with Crippen molar-refractivity contribution in [3.8, 4) is 28.3 Å². The van der Waals surface area contributed by atoms with Gasteiger partial charge in [0, 0.05) is 18.7 Å². The van der Waals surface area contributed by atoms with E-state index in [2.05, 4.69) is 63.8 Å². The van der Waals surface area contributed by atoms with E-state index in [1.54, 1.807) is 0 Å². The molecular formula is C29H26ClN3O4. The van der Waals surface area contributed by atoms with Crippen molar-refractivity contribution in [1.82, 2.24) is 15.3 Å². The van der Waals surface area contributed by atoms with E-state index >= 15 is 0 Å². The number of imidazole rings is 1.